The molecule has 1 heterocycles. The van der Waals surface area contributed by atoms with E-state index in [1.54, 1.807) is 0 Å². The normalized spacial score (nSPS) is 14.0. The summed E-state index contributed by atoms with van der Waals surface area (Å²) in [4.78, 5) is 4.37. The van der Waals surface area contributed by atoms with Gasteiger partial charge < -0.3 is 5.73 Å². The second-order valence-electron chi connectivity index (χ2n) is 5.58. The molecule has 0 aliphatic carbocycles. The Morgan fingerprint density at radius 2 is 1.81 bits per heavy atom. The number of nitrogens with two attached hydrogens (primary N) is 1. The van der Waals surface area contributed by atoms with E-state index in [1.165, 1.54) is 11.1 Å². The highest BCUT2D eigenvalue weighted by Gasteiger charge is 2.25. The molecule has 1 unspecified atom stereocenters. The van der Waals surface area contributed by atoms with Crippen molar-refractivity contribution in [1.29, 1.82) is 0 Å². The molecule has 3 rings (SSSR count). The second kappa shape index (κ2) is 5.66. The maximum atomic E-state index is 6.72. The highest BCUT2D eigenvalue weighted by molar-refractivity contribution is 5.79. The molecule has 0 spiro atoms. The molecule has 1 aromatic heterocycles. The summed E-state index contributed by atoms with van der Waals surface area (Å²) in [6, 6.07) is 20.8. The minimum atomic E-state index is -0.342. The first-order valence-electron chi connectivity index (χ1n) is 7.39. The van der Waals surface area contributed by atoms with E-state index in [9.17, 15) is 0 Å². The largest absolute Gasteiger partial charge is 0.321 e. The monoisotopic (exact) mass is 276 g/mol. The average Bonchev–Trinajstić information content (AvgIpc) is 2.55. The van der Waals surface area contributed by atoms with Crippen LogP contribution in [0.15, 0.2) is 66.9 Å². The summed E-state index contributed by atoms with van der Waals surface area (Å²) in [7, 11) is 0. The molecule has 1 atom stereocenters. The molecule has 2 heteroatoms. The van der Waals surface area contributed by atoms with Crippen LogP contribution in [0, 0.1) is 0 Å². The Bertz CT molecular complexity index is 737. The van der Waals surface area contributed by atoms with Gasteiger partial charge in [0.1, 0.15) is 0 Å². The van der Waals surface area contributed by atoms with Crippen LogP contribution in [0.2, 0.25) is 0 Å². The molecule has 0 radical (unpaired) electrons. The van der Waals surface area contributed by atoms with Crippen molar-refractivity contribution >= 4 is 10.9 Å². The minimum absolute atomic E-state index is 0.342. The van der Waals surface area contributed by atoms with E-state index in [2.05, 4.69) is 60.4 Å². The van der Waals surface area contributed by atoms with Gasteiger partial charge in [-0.2, -0.15) is 0 Å². The van der Waals surface area contributed by atoms with Crippen molar-refractivity contribution in [3.63, 3.8) is 0 Å². The van der Waals surface area contributed by atoms with E-state index in [-0.39, 0.29) is 5.54 Å². The topological polar surface area (TPSA) is 38.9 Å². The van der Waals surface area contributed by atoms with Crippen LogP contribution in [0.1, 0.15) is 24.5 Å². The van der Waals surface area contributed by atoms with Gasteiger partial charge in [-0.05, 0) is 42.2 Å². The van der Waals surface area contributed by atoms with Gasteiger partial charge in [-0.1, -0.05) is 49.4 Å². The summed E-state index contributed by atoms with van der Waals surface area (Å²) in [5, 5.41) is 1.14. The van der Waals surface area contributed by atoms with Crippen molar-refractivity contribution in [2.24, 2.45) is 5.73 Å². The fraction of sp³-hybridized carbons (Fsp3) is 0.211. The number of benzene rings is 2. The first-order valence-corrected chi connectivity index (χ1v) is 7.39. The third-order valence-electron chi connectivity index (χ3n) is 4.17. The van der Waals surface area contributed by atoms with E-state index in [4.69, 9.17) is 5.73 Å². The number of hydrogen-bond acceptors (Lipinski definition) is 2. The van der Waals surface area contributed by atoms with Gasteiger partial charge in [-0.3, -0.25) is 4.98 Å². The summed E-state index contributed by atoms with van der Waals surface area (Å²) in [6.07, 6.45) is 3.56. The van der Waals surface area contributed by atoms with E-state index in [1.807, 2.05) is 18.3 Å². The summed E-state index contributed by atoms with van der Waals surface area (Å²) >= 11 is 0. The molecule has 0 aliphatic heterocycles. The van der Waals surface area contributed by atoms with E-state index in [0.29, 0.717) is 0 Å². The van der Waals surface area contributed by atoms with Crippen molar-refractivity contribution in [3.05, 3.63) is 78.0 Å². The maximum absolute atomic E-state index is 6.72. The first-order chi connectivity index (χ1) is 10.2. The number of rotatable bonds is 4. The molecule has 2 aromatic carbocycles. The predicted molar refractivity (Wildman–Crippen MR) is 88.0 cm³/mol. The molecule has 0 fully saturated rings. The van der Waals surface area contributed by atoms with Gasteiger partial charge in [0.15, 0.2) is 0 Å². The van der Waals surface area contributed by atoms with Crippen LogP contribution in [-0.2, 0) is 12.0 Å². The van der Waals surface area contributed by atoms with E-state index in [0.717, 1.165) is 23.7 Å². The van der Waals surface area contributed by atoms with Crippen molar-refractivity contribution in [2.45, 2.75) is 25.3 Å². The number of hydrogen-bond donors (Lipinski definition) is 1. The van der Waals surface area contributed by atoms with Crippen LogP contribution >= 0.6 is 0 Å². The van der Waals surface area contributed by atoms with Crippen molar-refractivity contribution in [3.8, 4) is 0 Å². The zero-order valence-corrected chi connectivity index (χ0v) is 12.3. The number of aromatic nitrogens is 1. The van der Waals surface area contributed by atoms with Gasteiger partial charge >= 0.3 is 0 Å². The van der Waals surface area contributed by atoms with Crippen LogP contribution < -0.4 is 5.73 Å². The van der Waals surface area contributed by atoms with Crippen LogP contribution in [0.25, 0.3) is 10.9 Å². The molecule has 0 saturated heterocycles. The summed E-state index contributed by atoms with van der Waals surface area (Å²) in [5.41, 5.74) is 9.84. The SMILES string of the molecule is CCC(N)(Cc1ccccc1)c1ccc2ncccc2c1. The molecule has 2 N–H and O–H groups in total. The van der Waals surface area contributed by atoms with Crippen LogP contribution in [-0.4, -0.2) is 4.98 Å². The van der Waals surface area contributed by atoms with Crippen molar-refractivity contribution < 1.29 is 0 Å². The molecule has 21 heavy (non-hydrogen) atoms. The van der Waals surface area contributed by atoms with Crippen LogP contribution in [0.4, 0.5) is 0 Å². The summed E-state index contributed by atoms with van der Waals surface area (Å²) in [5.74, 6) is 0. The Morgan fingerprint density at radius 3 is 2.57 bits per heavy atom. The van der Waals surface area contributed by atoms with E-state index < -0.39 is 0 Å². The highest BCUT2D eigenvalue weighted by Crippen LogP contribution is 2.28. The molecular formula is C19H20N2. The zero-order chi connectivity index (χ0) is 14.7. The number of pyridine rings is 1. The summed E-state index contributed by atoms with van der Waals surface area (Å²) in [6.45, 7) is 2.15. The number of fused-ring (bicyclic) bond motifs is 1. The standard InChI is InChI=1S/C19H20N2/c1-2-19(20,14-15-7-4-3-5-8-15)17-10-11-18-16(13-17)9-6-12-21-18/h3-13H,2,14,20H2,1H3. The Kier molecular flexibility index (Phi) is 3.72. The van der Waals surface area contributed by atoms with Crippen molar-refractivity contribution in [2.75, 3.05) is 0 Å². The number of nitrogens with zero attached hydrogens (tertiary/aromatic N) is 1. The maximum Gasteiger partial charge on any atom is 0.0702 e. The van der Waals surface area contributed by atoms with Gasteiger partial charge in [0, 0.05) is 17.1 Å². The van der Waals surface area contributed by atoms with Crippen molar-refractivity contribution in [1.82, 2.24) is 4.98 Å². The molecule has 2 nitrogen and oxygen atoms in total. The Hall–Kier alpha value is -2.19. The minimum Gasteiger partial charge on any atom is -0.321 e. The lowest BCUT2D eigenvalue weighted by Crippen LogP contribution is -2.38. The smallest absolute Gasteiger partial charge is 0.0702 e. The lowest BCUT2D eigenvalue weighted by atomic mass is 9.82. The molecular weight excluding hydrogens is 256 g/mol. The van der Waals surface area contributed by atoms with E-state index >= 15 is 0 Å². The third kappa shape index (κ3) is 2.81. The molecule has 0 bridgehead atoms. The van der Waals surface area contributed by atoms with Gasteiger partial charge in [-0.25, -0.2) is 0 Å². The second-order valence-corrected chi connectivity index (χ2v) is 5.58. The van der Waals surface area contributed by atoms with Gasteiger partial charge in [-0.15, -0.1) is 0 Å². The summed E-state index contributed by atoms with van der Waals surface area (Å²) < 4.78 is 0. The molecule has 0 saturated carbocycles. The Labute approximate surface area is 125 Å². The first kappa shape index (κ1) is 13.8. The highest BCUT2D eigenvalue weighted by atomic mass is 14.7. The predicted octanol–water partition coefficient (Wildman–Crippen LogP) is 4.04. The molecule has 0 amide bonds. The lowest BCUT2D eigenvalue weighted by molar-refractivity contribution is 0.425. The zero-order valence-electron chi connectivity index (χ0n) is 12.3. The Morgan fingerprint density at radius 1 is 1.00 bits per heavy atom. The Balaban J connectivity index is 2.00. The molecule has 0 aliphatic rings. The van der Waals surface area contributed by atoms with Gasteiger partial charge in [0.05, 0.1) is 5.52 Å². The van der Waals surface area contributed by atoms with Crippen LogP contribution in [0.5, 0.6) is 0 Å². The van der Waals surface area contributed by atoms with Crippen LogP contribution in [0.3, 0.4) is 0 Å². The lowest BCUT2D eigenvalue weighted by Gasteiger charge is -2.29. The molecule has 106 valence electrons. The van der Waals surface area contributed by atoms with Gasteiger partial charge in [0.2, 0.25) is 0 Å². The fourth-order valence-corrected chi connectivity index (χ4v) is 2.78. The average molecular weight is 276 g/mol. The van der Waals surface area contributed by atoms with Gasteiger partial charge in [0.25, 0.3) is 0 Å². The quantitative estimate of drug-likeness (QED) is 0.781. The molecule has 3 aromatic rings. The fourth-order valence-electron chi connectivity index (χ4n) is 2.78. The third-order valence-corrected chi connectivity index (χ3v) is 4.17.